The van der Waals surface area contributed by atoms with Crippen LogP contribution in [0.5, 0.6) is 17.2 Å². The molecule has 0 amide bonds. The lowest BCUT2D eigenvalue weighted by Crippen LogP contribution is -2.21. The molecule has 0 aliphatic carbocycles. The molecule has 0 aliphatic heterocycles. The third-order valence-electron chi connectivity index (χ3n) is 5.67. The lowest BCUT2D eigenvalue weighted by molar-refractivity contribution is 0.404. The van der Waals surface area contributed by atoms with Crippen molar-refractivity contribution >= 4 is 21.9 Å². The number of para-hydroxylation sites is 3. The van der Waals surface area contributed by atoms with Crippen LogP contribution in [0.15, 0.2) is 91.2 Å². The normalized spacial score (nSPS) is 11.3. The first-order valence-corrected chi connectivity index (χ1v) is 10.1. The first-order valence-electron chi connectivity index (χ1n) is 10.1. The van der Waals surface area contributed by atoms with Gasteiger partial charge >= 0.3 is 11.3 Å². The summed E-state index contributed by atoms with van der Waals surface area (Å²) in [5.41, 5.74) is -1.37. The van der Waals surface area contributed by atoms with Crippen LogP contribution in [0.2, 0.25) is 0 Å². The summed E-state index contributed by atoms with van der Waals surface area (Å²) in [6.07, 6.45) is 0. The van der Waals surface area contributed by atoms with Crippen LogP contribution in [0.4, 0.5) is 0 Å². The molecule has 5 rings (SSSR count). The Balaban J connectivity index is 1.94. The molecule has 0 radical (unpaired) electrons. The Kier molecular flexibility index (Phi) is 4.86. The predicted octanol–water partition coefficient (Wildman–Crippen LogP) is 4.50. The quantitative estimate of drug-likeness (QED) is 0.394. The lowest BCUT2D eigenvalue weighted by Gasteiger charge is -2.21. The van der Waals surface area contributed by atoms with Gasteiger partial charge in [0.05, 0.1) is 34.9 Å². The molecule has 3 aromatic carbocycles. The molecule has 0 saturated carbocycles. The highest BCUT2D eigenvalue weighted by Crippen LogP contribution is 2.44. The van der Waals surface area contributed by atoms with Crippen molar-refractivity contribution in [1.29, 1.82) is 0 Å². The number of hydrogen-bond acceptors (Lipinski definition) is 7. The van der Waals surface area contributed by atoms with Gasteiger partial charge in [-0.2, -0.15) is 0 Å². The summed E-state index contributed by atoms with van der Waals surface area (Å²) < 4.78 is 16.4. The van der Waals surface area contributed by atoms with Crippen LogP contribution < -0.4 is 16.0 Å². The van der Waals surface area contributed by atoms with Crippen LogP contribution in [0.3, 0.4) is 0 Å². The van der Waals surface area contributed by atoms with Crippen molar-refractivity contribution < 1.29 is 23.8 Å². The van der Waals surface area contributed by atoms with Crippen molar-refractivity contribution in [3.8, 4) is 17.2 Å². The average molecular weight is 442 g/mol. The number of methoxy groups -OCH3 is 1. The number of ether oxygens (including phenoxy) is 1. The second kappa shape index (κ2) is 7.87. The van der Waals surface area contributed by atoms with E-state index >= 15 is 0 Å². The van der Waals surface area contributed by atoms with Crippen LogP contribution in [0.25, 0.3) is 21.9 Å². The monoisotopic (exact) mass is 442 g/mol. The van der Waals surface area contributed by atoms with Crippen molar-refractivity contribution in [2.75, 3.05) is 7.11 Å². The zero-order valence-electron chi connectivity index (χ0n) is 17.4. The van der Waals surface area contributed by atoms with Gasteiger partial charge < -0.3 is 23.8 Å². The van der Waals surface area contributed by atoms with Gasteiger partial charge in [-0.3, -0.25) is 0 Å². The Morgan fingerprint density at radius 3 is 1.67 bits per heavy atom. The largest absolute Gasteiger partial charge is 0.507 e. The van der Waals surface area contributed by atoms with Gasteiger partial charge in [0, 0.05) is 5.56 Å². The highest BCUT2D eigenvalue weighted by atomic mass is 16.5. The maximum absolute atomic E-state index is 13.1. The molecular weight excluding hydrogens is 424 g/mol. The molecular formula is C26H18O7. The minimum atomic E-state index is -1.23. The third-order valence-corrected chi connectivity index (χ3v) is 5.67. The summed E-state index contributed by atoms with van der Waals surface area (Å²) in [5.74, 6) is -1.60. The van der Waals surface area contributed by atoms with E-state index in [1.54, 1.807) is 72.8 Å². The van der Waals surface area contributed by atoms with Crippen molar-refractivity contribution in [3.63, 3.8) is 0 Å². The van der Waals surface area contributed by atoms with Gasteiger partial charge in [-0.15, -0.1) is 0 Å². The molecule has 7 nitrogen and oxygen atoms in total. The zero-order valence-corrected chi connectivity index (χ0v) is 17.4. The molecule has 33 heavy (non-hydrogen) atoms. The SMILES string of the molecule is COc1ccccc1C(c1c(O)c2ccccc2oc1=O)c1c(O)c2ccccc2oc1=O. The molecule has 0 bridgehead atoms. The third kappa shape index (κ3) is 3.22. The predicted molar refractivity (Wildman–Crippen MR) is 122 cm³/mol. The van der Waals surface area contributed by atoms with E-state index in [1.807, 2.05) is 0 Å². The molecule has 2 heterocycles. The fourth-order valence-corrected chi connectivity index (χ4v) is 4.17. The maximum atomic E-state index is 13.1. The Bertz CT molecular complexity index is 1530. The number of aromatic hydroxyl groups is 2. The van der Waals surface area contributed by atoms with Gasteiger partial charge in [0.15, 0.2) is 0 Å². The molecule has 0 fully saturated rings. The van der Waals surface area contributed by atoms with E-state index in [1.165, 1.54) is 7.11 Å². The van der Waals surface area contributed by atoms with Gasteiger partial charge in [0.25, 0.3) is 0 Å². The van der Waals surface area contributed by atoms with E-state index in [9.17, 15) is 19.8 Å². The lowest BCUT2D eigenvalue weighted by atomic mass is 9.84. The Morgan fingerprint density at radius 1 is 0.697 bits per heavy atom. The number of rotatable bonds is 4. The van der Waals surface area contributed by atoms with Crippen LogP contribution in [0, 0.1) is 0 Å². The van der Waals surface area contributed by atoms with Crippen LogP contribution in [-0.4, -0.2) is 17.3 Å². The molecule has 2 N–H and O–H groups in total. The summed E-state index contributed by atoms with van der Waals surface area (Å²) in [6, 6.07) is 19.7. The smallest absolute Gasteiger partial charge is 0.344 e. The minimum Gasteiger partial charge on any atom is -0.507 e. The van der Waals surface area contributed by atoms with Gasteiger partial charge in [-0.25, -0.2) is 9.59 Å². The van der Waals surface area contributed by atoms with E-state index in [4.69, 9.17) is 13.6 Å². The summed E-state index contributed by atoms with van der Waals surface area (Å²) in [5, 5.41) is 22.9. The molecule has 2 aromatic heterocycles. The minimum absolute atomic E-state index is 0.192. The van der Waals surface area contributed by atoms with E-state index < -0.39 is 17.2 Å². The Hall–Kier alpha value is -4.52. The van der Waals surface area contributed by atoms with Crippen LogP contribution >= 0.6 is 0 Å². The first-order chi connectivity index (χ1) is 16.0. The molecule has 0 saturated heterocycles. The molecule has 0 unspecified atom stereocenters. The van der Waals surface area contributed by atoms with Crippen molar-refractivity contribution in [3.05, 3.63) is 110 Å². The Morgan fingerprint density at radius 2 is 1.15 bits per heavy atom. The highest BCUT2D eigenvalue weighted by molar-refractivity contribution is 5.87. The summed E-state index contributed by atoms with van der Waals surface area (Å²) in [6.45, 7) is 0. The molecule has 0 aliphatic rings. The summed E-state index contributed by atoms with van der Waals surface area (Å²) in [7, 11) is 1.45. The fourth-order valence-electron chi connectivity index (χ4n) is 4.17. The molecule has 7 heteroatoms. The van der Waals surface area contributed by atoms with E-state index in [0.29, 0.717) is 11.3 Å². The standard InChI is InChI=1S/C26H18O7/c1-31-17-11-5-2-8-14(17)20(21-23(27)15-9-3-6-12-18(15)32-25(21)29)22-24(28)16-10-4-7-13-19(16)33-26(22)30/h2-13,20,27-28H,1H3. The molecule has 164 valence electrons. The van der Waals surface area contributed by atoms with E-state index in [-0.39, 0.29) is 44.6 Å². The van der Waals surface area contributed by atoms with Crippen molar-refractivity contribution in [2.45, 2.75) is 5.92 Å². The van der Waals surface area contributed by atoms with Gasteiger partial charge in [0.1, 0.15) is 28.4 Å². The average Bonchev–Trinajstić information content (AvgIpc) is 2.83. The van der Waals surface area contributed by atoms with E-state index in [2.05, 4.69) is 0 Å². The van der Waals surface area contributed by atoms with Gasteiger partial charge in [-0.05, 0) is 30.3 Å². The fraction of sp³-hybridized carbons (Fsp3) is 0.0769. The number of benzene rings is 3. The Labute approximate surface area is 186 Å². The first kappa shape index (κ1) is 20.4. The van der Waals surface area contributed by atoms with Crippen molar-refractivity contribution in [1.82, 2.24) is 0 Å². The summed E-state index contributed by atoms with van der Waals surface area (Å²) in [4.78, 5) is 26.3. The highest BCUT2D eigenvalue weighted by Gasteiger charge is 2.34. The van der Waals surface area contributed by atoms with Gasteiger partial charge in [0.2, 0.25) is 0 Å². The zero-order chi connectivity index (χ0) is 23.1. The van der Waals surface area contributed by atoms with Crippen molar-refractivity contribution in [2.24, 2.45) is 0 Å². The number of hydrogen-bond donors (Lipinski definition) is 2. The second-order valence-corrected chi connectivity index (χ2v) is 7.47. The van der Waals surface area contributed by atoms with E-state index in [0.717, 1.165) is 0 Å². The molecule has 0 spiro atoms. The molecule has 0 atom stereocenters. The van der Waals surface area contributed by atoms with Crippen LogP contribution in [0.1, 0.15) is 22.6 Å². The van der Waals surface area contributed by atoms with Gasteiger partial charge in [-0.1, -0.05) is 42.5 Å². The topological polar surface area (TPSA) is 110 Å². The number of fused-ring (bicyclic) bond motifs is 2. The molecule has 5 aromatic rings. The maximum Gasteiger partial charge on any atom is 0.344 e. The second-order valence-electron chi connectivity index (χ2n) is 7.47. The van der Waals surface area contributed by atoms with Crippen LogP contribution in [-0.2, 0) is 0 Å². The summed E-state index contributed by atoms with van der Waals surface area (Å²) >= 11 is 0.